The first-order valence-electron chi connectivity index (χ1n) is 6.69. The summed E-state index contributed by atoms with van der Waals surface area (Å²) in [7, 11) is 0. The fraction of sp³-hybridized carbons (Fsp3) is 0.0625. The molecule has 0 unspecified atom stereocenters. The van der Waals surface area contributed by atoms with Crippen molar-refractivity contribution in [2.75, 3.05) is 5.75 Å². The summed E-state index contributed by atoms with van der Waals surface area (Å²) in [6.45, 7) is 0. The fourth-order valence-corrected chi connectivity index (χ4v) is 2.28. The smallest absolute Gasteiger partial charge is 0.321 e. The van der Waals surface area contributed by atoms with Crippen LogP contribution in [0.2, 0.25) is 0 Å². The lowest BCUT2D eigenvalue weighted by molar-refractivity contribution is -0.131. The molecule has 116 valence electrons. The number of halogens is 1. The third-order valence-corrected chi connectivity index (χ3v) is 3.58. The van der Waals surface area contributed by atoms with E-state index in [-0.39, 0.29) is 22.7 Å². The minimum absolute atomic E-state index is 0.0416. The lowest BCUT2D eigenvalue weighted by Crippen LogP contribution is -2.10. The molecule has 0 amide bonds. The predicted octanol–water partition coefficient (Wildman–Crippen LogP) is 3.57. The summed E-state index contributed by atoms with van der Waals surface area (Å²) >= 11 is 1.08. The van der Waals surface area contributed by atoms with Crippen LogP contribution >= 0.6 is 11.8 Å². The molecule has 0 bridgehead atoms. The van der Waals surface area contributed by atoms with Gasteiger partial charge >= 0.3 is 5.97 Å². The van der Waals surface area contributed by atoms with Gasteiger partial charge in [0.15, 0.2) is 0 Å². The Morgan fingerprint density at radius 2 is 1.83 bits per heavy atom. The zero-order valence-electron chi connectivity index (χ0n) is 11.8. The minimum Gasteiger partial charge on any atom is -0.426 e. The van der Waals surface area contributed by atoms with Crippen molar-refractivity contribution in [3.63, 3.8) is 0 Å². The summed E-state index contributed by atoms with van der Waals surface area (Å²) in [5, 5.41) is 7.95. The van der Waals surface area contributed by atoms with Gasteiger partial charge in [0.25, 0.3) is 5.22 Å². The molecule has 2 aromatic carbocycles. The molecule has 5 nitrogen and oxygen atoms in total. The van der Waals surface area contributed by atoms with Crippen molar-refractivity contribution in [1.82, 2.24) is 10.2 Å². The molecule has 0 aliphatic rings. The Kier molecular flexibility index (Phi) is 4.68. The average Bonchev–Trinajstić information content (AvgIpc) is 3.04. The van der Waals surface area contributed by atoms with Crippen LogP contribution in [-0.2, 0) is 4.79 Å². The van der Waals surface area contributed by atoms with Crippen molar-refractivity contribution >= 4 is 17.7 Å². The Balaban J connectivity index is 1.57. The van der Waals surface area contributed by atoms with Gasteiger partial charge in [0.2, 0.25) is 5.89 Å². The summed E-state index contributed by atoms with van der Waals surface area (Å²) in [5.41, 5.74) is 0.609. The van der Waals surface area contributed by atoms with Crippen LogP contribution in [0.4, 0.5) is 4.39 Å². The van der Waals surface area contributed by atoms with Crippen LogP contribution in [0.25, 0.3) is 11.5 Å². The number of benzene rings is 2. The van der Waals surface area contributed by atoms with Crippen LogP contribution in [0.3, 0.4) is 0 Å². The second-order valence-corrected chi connectivity index (χ2v) is 5.38. The van der Waals surface area contributed by atoms with Gasteiger partial charge in [0.05, 0.1) is 0 Å². The molecule has 0 fully saturated rings. The maximum Gasteiger partial charge on any atom is 0.321 e. The minimum atomic E-state index is -0.414. The SMILES string of the molecule is O=C(CSc1nnc(-c2ccc(F)cc2)o1)Oc1ccccc1. The van der Waals surface area contributed by atoms with E-state index in [1.807, 2.05) is 6.07 Å². The van der Waals surface area contributed by atoms with E-state index in [0.29, 0.717) is 11.3 Å². The Hall–Kier alpha value is -2.67. The van der Waals surface area contributed by atoms with Crippen molar-refractivity contribution < 1.29 is 18.3 Å². The molecular weight excluding hydrogens is 319 g/mol. The molecule has 0 aliphatic heterocycles. The van der Waals surface area contributed by atoms with Gasteiger partial charge in [-0.25, -0.2) is 4.39 Å². The van der Waals surface area contributed by atoms with Crippen molar-refractivity contribution in [3.8, 4) is 17.2 Å². The molecular formula is C16H11FN2O3S. The molecule has 0 spiro atoms. The summed E-state index contributed by atoms with van der Waals surface area (Å²) in [5.74, 6) is 0.0359. The number of ether oxygens (including phenoxy) is 1. The molecule has 1 heterocycles. The number of esters is 1. The van der Waals surface area contributed by atoms with Gasteiger partial charge in [-0.05, 0) is 36.4 Å². The second kappa shape index (κ2) is 7.06. The van der Waals surface area contributed by atoms with Gasteiger partial charge in [0.1, 0.15) is 17.3 Å². The van der Waals surface area contributed by atoms with Crippen LogP contribution in [0.5, 0.6) is 5.75 Å². The largest absolute Gasteiger partial charge is 0.426 e. The van der Waals surface area contributed by atoms with Gasteiger partial charge in [-0.2, -0.15) is 0 Å². The van der Waals surface area contributed by atoms with E-state index in [9.17, 15) is 9.18 Å². The highest BCUT2D eigenvalue weighted by atomic mass is 32.2. The zero-order valence-corrected chi connectivity index (χ0v) is 12.6. The molecule has 0 radical (unpaired) electrons. The number of aromatic nitrogens is 2. The summed E-state index contributed by atoms with van der Waals surface area (Å²) in [6, 6.07) is 14.5. The van der Waals surface area contributed by atoms with Crippen LogP contribution in [0.15, 0.2) is 64.2 Å². The maximum atomic E-state index is 12.9. The first-order valence-corrected chi connectivity index (χ1v) is 7.67. The molecule has 0 N–H and O–H groups in total. The predicted molar refractivity (Wildman–Crippen MR) is 82.5 cm³/mol. The third kappa shape index (κ3) is 4.17. The standard InChI is InChI=1S/C16H11FN2O3S/c17-12-8-6-11(7-9-12)15-18-19-16(22-15)23-10-14(20)21-13-4-2-1-3-5-13/h1-9H,10H2. The fourth-order valence-electron chi connectivity index (χ4n) is 1.75. The normalized spacial score (nSPS) is 10.5. The Labute approximate surface area is 135 Å². The van der Waals surface area contributed by atoms with Crippen LogP contribution < -0.4 is 4.74 Å². The number of hydrogen-bond acceptors (Lipinski definition) is 6. The molecule has 0 saturated heterocycles. The van der Waals surface area contributed by atoms with E-state index >= 15 is 0 Å². The van der Waals surface area contributed by atoms with Crippen molar-refractivity contribution in [2.24, 2.45) is 0 Å². The van der Waals surface area contributed by atoms with Crippen LogP contribution in [0.1, 0.15) is 0 Å². The molecule has 23 heavy (non-hydrogen) atoms. The monoisotopic (exact) mass is 330 g/mol. The summed E-state index contributed by atoms with van der Waals surface area (Å²) in [4.78, 5) is 11.7. The van der Waals surface area contributed by atoms with Crippen molar-refractivity contribution in [1.29, 1.82) is 0 Å². The molecule has 0 atom stereocenters. The van der Waals surface area contributed by atoms with Gasteiger partial charge in [0, 0.05) is 5.56 Å². The van der Waals surface area contributed by atoms with Gasteiger partial charge in [-0.3, -0.25) is 4.79 Å². The molecule has 0 aliphatic carbocycles. The Morgan fingerprint density at radius 3 is 2.57 bits per heavy atom. The molecule has 3 aromatic rings. The highest BCUT2D eigenvalue weighted by Gasteiger charge is 2.12. The van der Waals surface area contributed by atoms with Crippen LogP contribution in [0, 0.1) is 5.82 Å². The van der Waals surface area contributed by atoms with E-state index in [4.69, 9.17) is 9.15 Å². The maximum absolute atomic E-state index is 12.9. The first-order chi connectivity index (χ1) is 11.2. The van der Waals surface area contributed by atoms with E-state index < -0.39 is 5.97 Å². The lowest BCUT2D eigenvalue weighted by atomic mass is 10.2. The topological polar surface area (TPSA) is 65.2 Å². The number of carbonyl (C=O) groups excluding carboxylic acids is 1. The second-order valence-electron chi connectivity index (χ2n) is 4.46. The number of carbonyl (C=O) groups is 1. The Morgan fingerprint density at radius 1 is 1.09 bits per heavy atom. The highest BCUT2D eigenvalue weighted by molar-refractivity contribution is 7.99. The number of para-hydroxylation sites is 1. The van der Waals surface area contributed by atoms with E-state index in [1.54, 1.807) is 36.4 Å². The third-order valence-electron chi connectivity index (χ3n) is 2.79. The van der Waals surface area contributed by atoms with Crippen molar-refractivity contribution in [2.45, 2.75) is 5.22 Å². The molecule has 7 heteroatoms. The van der Waals surface area contributed by atoms with Crippen LogP contribution in [-0.4, -0.2) is 21.9 Å². The summed E-state index contributed by atoms with van der Waals surface area (Å²) < 4.78 is 23.4. The Bertz CT molecular complexity index is 791. The molecule has 3 rings (SSSR count). The van der Waals surface area contributed by atoms with Gasteiger partial charge in [-0.15, -0.1) is 10.2 Å². The van der Waals surface area contributed by atoms with Crippen molar-refractivity contribution in [3.05, 3.63) is 60.4 Å². The van der Waals surface area contributed by atoms with E-state index in [2.05, 4.69) is 10.2 Å². The molecule has 1 aromatic heterocycles. The first kappa shape index (κ1) is 15.2. The zero-order chi connectivity index (χ0) is 16.1. The average molecular weight is 330 g/mol. The van der Waals surface area contributed by atoms with Gasteiger partial charge in [-0.1, -0.05) is 30.0 Å². The number of hydrogen-bond donors (Lipinski definition) is 0. The number of rotatable bonds is 5. The number of thioether (sulfide) groups is 1. The highest BCUT2D eigenvalue weighted by Crippen LogP contribution is 2.23. The number of nitrogens with zero attached hydrogens (tertiary/aromatic N) is 2. The van der Waals surface area contributed by atoms with Gasteiger partial charge < -0.3 is 9.15 Å². The quantitative estimate of drug-likeness (QED) is 0.405. The van der Waals surface area contributed by atoms with E-state index in [0.717, 1.165) is 11.8 Å². The summed E-state index contributed by atoms with van der Waals surface area (Å²) in [6.07, 6.45) is 0. The molecule has 0 saturated carbocycles. The lowest BCUT2D eigenvalue weighted by Gasteiger charge is -2.01. The van der Waals surface area contributed by atoms with E-state index in [1.165, 1.54) is 12.1 Å².